The van der Waals surface area contributed by atoms with Crippen molar-refractivity contribution in [2.45, 2.75) is 31.1 Å². The number of amides is 1. The van der Waals surface area contributed by atoms with Crippen LogP contribution in [0.15, 0.2) is 27.8 Å². The van der Waals surface area contributed by atoms with Gasteiger partial charge in [0.1, 0.15) is 9.90 Å². The minimum Gasteiger partial charge on any atom is -0.350 e. The maximum Gasteiger partial charge on any atom is 0.271 e. The van der Waals surface area contributed by atoms with E-state index in [4.69, 9.17) is 0 Å². The first-order valence-electron chi connectivity index (χ1n) is 7.76. The Hall–Kier alpha value is -1.71. The number of carbonyl (C=O) groups is 1. The molecule has 1 amide bonds. The predicted molar refractivity (Wildman–Crippen MR) is 91.3 cm³/mol. The number of fused-ring (bicyclic) bond motifs is 1. The van der Waals surface area contributed by atoms with Gasteiger partial charge in [-0.2, -0.15) is 9.40 Å². The summed E-state index contributed by atoms with van der Waals surface area (Å²) in [5, 5.41) is 8.87. The van der Waals surface area contributed by atoms with Gasteiger partial charge in [0.2, 0.25) is 0 Å². The summed E-state index contributed by atoms with van der Waals surface area (Å²) in [5.41, 5.74) is 1.07. The van der Waals surface area contributed by atoms with Crippen LogP contribution in [-0.4, -0.2) is 41.5 Å². The Morgan fingerprint density at radius 3 is 2.88 bits per heavy atom. The maximum absolute atomic E-state index is 12.6. The third kappa shape index (κ3) is 3.38. The Morgan fingerprint density at radius 2 is 2.21 bits per heavy atom. The fourth-order valence-electron chi connectivity index (χ4n) is 2.48. The summed E-state index contributed by atoms with van der Waals surface area (Å²) >= 11 is 1.21. The number of aromatic nitrogens is 2. The molecule has 1 N–H and O–H groups in total. The number of sulfonamides is 1. The first kappa shape index (κ1) is 17.1. The van der Waals surface area contributed by atoms with E-state index in [0.717, 1.165) is 5.69 Å². The van der Waals surface area contributed by atoms with Crippen LogP contribution < -0.4 is 5.32 Å². The number of rotatable bonds is 5. The summed E-state index contributed by atoms with van der Waals surface area (Å²) in [7, 11) is -3.48. The summed E-state index contributed by atoms with van der Waals surface area (Å²) in [5.74, 6) is 0.135. The van der Waals surface area contributed by atoms with E-state index in [1.165, 1.54) is 15.6 Å². The molecule has 24 heavy (non-hydrogen) atoms. The SMILES string of the molecule is CC(C)CNC(=O)c1cc2n(n1)CCN(S(=O)(=O)c1cccs1)C2. The molecule has 0 fully saturated rings. The Kier molecular flexibility index (Phi) is 4.75. The van der Waals surface area contributed by atoms with Crippen molar-refractivity contribution in [3.8, 4) is 0 Å². The van der Waals surface area contributed by atoms with Gasteiger partial charge >= 0.3 is 0 Å². The molecule has 0 bridgehead atoms. The van der Waals surface area contributed by atoms with Gasteiger partial charge in [-0.15, -0.1) is 11.3 Å². The zero-order valence-corrected chi connectivity index (χ0v) is 15.2. The number of hydrogen-bond donors (Lipinski definition) is 1. The minimum absolute atomic E-state index is 0.224. The first-order chi connectivity index (χ1) is 11.4. The normalized spacial score (nSPS) is 15.5. The molecule has 0 saturated heterocycles. The van der Waals surface area contributed by atoms with Crippen LogP contribution in [0.4, 0.5) is 0 Å². The fraction of sp³-hybridized carbons (Fsp3) is 0.467. The summed E-state index contributed by atoms with van der Waals surface area (Å²) in [6, 6.07) is 5.01. The summed E-state index contributed by atoms with van der Waals surface area (Å²) in [6.07, 6.45) is 0. The lowest BCUT2D eigenvalue weighted by Crippen LogP contribution is -2.38. The smallest absolute Gasteiger partial charge is 0.271 e. The molecule has 3 heterocycles. The molecule has 1 aliphatic heterocycles. The predicted octanol–water partition coefficient (Wildman–Crippen LogP) is 1.53. The third-order valence-electron chi connectivity index (χ3n) is 3.76. The van der Waals surface area contributed by atoms with Gasteiger partial charge in [0, 0.05) is 13.1 Å². The molecule has 2 aromatic rings. The van der Waals surface area contributed by atoms with Gasteiger partial charge in [0.05, 0.1) is 18.8 Å². The number of nitrogens with one attached hydrogen (secondary N) is 1. The molecule has 0 spiro atoms. The zero-order valence-electron chi connectivity index (χ0n) is 13.6. The van der Waals surface area contributed by atoms with Crippen LogP contribution in [0.25, 0.3) is 0 Å². The largest absolute Gasteiger partial charge is 0.350 e. The average Bonchev–Trinajstić information content (AvgIpc) is 3.20. The van der Waals surface area contributed by atoms with Gasteiger partial charge in [0.15, 0.2) is 0 Å². The monoisotopic (exact) mass is 368 g/mol. The number of nitrogens with zero attached hydrogens (tertiary/aromatic N) is 3. The highest BCUT2D eigenvalue weighted by Gasteiger charge is 2.30. The van der Waals surface area contributed by atoms with E-state index in [1.807, 2.05) is 13.8 Å². The van der Waals surface area contributed by atoms with E-state index in [1.54, 1.807) is 28.3 Å². The molecule has 0 aromatic carbocycles. The Labute approximate surface area is 145 Å². The molecule has 2 aromatic heterocycles. The quantitative estimate of drug-likeness (QED) is 0.867. The van der Waals surface area contributed by atoms with Crippen LogP contribution in [0.3, 0.4) is 0 Å². The Bertz CT molecular complexity index is 825. The Morgan fingerprint density at radius 1 is 1.42 bits per heavy atom. The zero-order chi connectivity index (χ0) is 17.3. The second kappa shape index (κ2) is 6.66. The van der Waals surface area contributed by atoms with Gasteiger partial charge < -0.3 is 5.32 Å². The highest BCUT2D eigenvalue weighted by Crippen LogP contribution is 2.25. The highest BCUT2D eigenvalue weighted by atomic mass is 32.2. The molecule has 130 valence electrons. The molecule has 9 heteroatoms. The van der Waals surface area contributed by atoms with E-state index in [-0.39, 0.29) is 12.5 Å². The molecule has 0 aliphatic carbocycles. The van der Waals surface area contributed by atoms with Crippen molar-refractivity contribution in [1.29, 1.82) is 0 Å². The molecule has 1 aliphatic rings. The number of thiophene rings is 1. The number of hydrogen-bond acceptors (Lipinski definition) is 5. The van der Waals surface area contributed by atoms with E-state index in [9.17, 15) is 13.2 Å². The summed E-state index contributed by atoms with van der Waals surface area (Å²) in [6.45, 7) is 5.64. The first-order valence-corrected chi connectivity index (χ1v) is 10.1. The fourth-order valence-corrected chi connectivity index (χ4v) is 5.03. The lowest BCUT2D eigenvalue weighted by Gasteiger charge is -2.26. The molecule has 7 nitrogen and oxygen atoms in total. The molecule has 0 unspecified atom stereocenters. The van der Waals surface area contributed by atoms with Crippen LogP contribution in [-0.2, 0) is 23.1 Å². The van der Waals surface area contributed by atoms with E-state index in [0.29, 0.717) is 35.5 Å². The second-order valence-corrected chi connectivity index (χ2v) is 9.23. The van der Waals surface area contributed by atoms with Crippen molar-refractivity contribution in [3.63, 3.8) is 0 Å². The van der Waals surface area contributed by atoms with Crippen LogP contribution in [0.2, 0.25) is 0 Å². The lowest BCUT2D eigenvalue weighted by atomic mass is 10.2. The van der Waals surface area contributed by atoms with E-state index in [2.05, 4.69) is 10.4 Å². The van der Waals surface area contributed by atoms with Crippen LogP contribution in [0, 0.1) is 5.92 Å². The van der Waals surface area contributed by atoms with Crippen LogP contribution in [0.1, 0.15) is 30.0 Å². The van der Waals surface area contributed by atoms with Crippen molar-refractivity contribution < 1.29 is 13.2 Å². The molecule has 0 saturated carbocycles. The molecule has 3 rings (SSSR count). The van der Waals surface area contributed by atoms with Crippen molar-refractivity contribution >= 4 is 27.3 Å². The van der Waals surface area contributed by atoms with Gasteiger partial charge in [-0.25, -0.2) is 8.42 Å². The molecular weight excluding hydrogens is 348 g/mol. The topological polar surface area (TPSA) is 84.3 Å². The van der Waals surface area contributed by atoms with Crippen LogP contribution in [0.5, 0.6) is 0 Å². The summed E-state index contributed by atoms with van der Waals surface area (Å²) in [4.78, 5) is 12.1. The maximum atomic E-state index is 12.6. The van der Waals surface area contributed by atoms with Gasteiger partial charge in [0.25, 0.3) is 15.9 Å². The Balaban J connectivity index is 1.76. The van der Waals surface area contributed by atoms with Gasteiger partial charge in [-0.3, -0.25) is 9.48 Å². The number of carbonyl (C=O) groups excluding carboxylic acids is 1. The van der Waals surface area contributed by atoms with Crippen molar-refractivity contribution in [2.24, 2.45) is 5.92 Å². The summed E-state index contributed by atoms with van der Waals surface area (Å²) < 4.78 is 28.7. The van der Waals surface area contributed by atoms with Crippen molar-refractivity contribution in [3.05, 3.63) is 35.0 Å². The van der Waals surface area contributed by atoms with Crippen molar-refractivity contribution in [1.82, 2.24) is 19.4 Å². The average molecular weight is 368 g/mol. The lowest BCUT2D eigenvalue weighted by molar-refractivity contribution is 0.0943. The molecule has 0 atom stereocenters. The third-order valence-corrected chi connectivity index (χ3v) is 6.97. The van der Waals surface area contributed by atoms with E-state index >= 15 is 0 Å². The highest BCUT2D eigenvalue weighted by molar-refractivity contribution is 7.91. The second-order valence-electron chi connectivity index (χ2n) is 6.12. The molecule has 0 radical (unpaired) electrons. The van der Waals surface area contributed by atoms with Gasteiger partial charge in [-0.05, 0) is 23.4 Å². The van der Waals surface area contributed by atoms with Gasteiger partial charge in [-0.1, -0.05) is 19.9 Å². The van der Waals surface area contributed by atoms with Crippen LogP contribution >= 0.6 is 11.3 Å². The minimum atomic E-state index is -3.48. The van der Waals surface area contributed by atoms with E-state index < -0.39 is 10.0 Å². The molecular formula is C15H20N4O3S2. The standard InChI is InChI=1S/C15H20N4O3S2/c1-11(2)9-16-15(20)13-8-12-10-18(5-6-19(12)17-13)24(21,22)14-4-3-7-23-14/h3-4,7-8,11H,5-6,9-10H2,1-2H3,(H,16,20). The van der Waals surface area contributed by atoms with Crippen molar-refractivity contribution in [2.75, 3.05) is 13.1 Å².